The number of alkyl halides is 8. The Morgan fingerprint density at radius 1 is 0.667 bits per heavy atom. The molecular formula is C10HCl2F9. The summed E-state index contributed by atoms with van der Waals surface area (Å²) in [7, 11) is 0. The van der Waals surface area contributed by atoms with Gasteiger partial charge in [-0.25, -0.2) is 13.2 Å². The van der Waals surface area contributed by atoms with Gasteiger partial charge in [0.25, 0.3) is 0 Å². The molecule has 0 spiro atoms. The van der Waals surface area contributed by atoms with Crippen LogP contribution in [0.4, 0.5) is 39.5 Å². The number of rotatable bonds is 1. The Balaban J connectivity index is 3.02. The summed E-state index contributed by atoms with van der Waals surface area (Å²) < 4.78 is 120. The summed E-state index contributed by atoms with van der Waals surface area (Å²) in [5.41, 5.74) is -7.15. The van der Waals surface area contributed by atoms with E-state index in [1.54, 1.807) is 0 Å². The van der Waals surface area contributed by atoms with Gasteiger partial charge in [0, 0.05) is 0 Å². The molecule has 0 amide bonds. The molecule has 21 heavy (non-hydrogen) atoms. The van der Waals surface area contributed by atoms with Crippen molar-refractivity contribution >= 4 is 23.2 Å². The van der Waals surface area contributed by atoms with Gasteiger partial charge in [-0.05, 0) is 0 Å². The lowest BCUT2D eigenvalue weighted by Crippen LogP contribution is -2.43. The highest BCUT2D eigenvalue weighted by Crippen LogP contribution is 2.64. The Bertz CT molecular complexity index is 624. The van der Waals surface area contributed by atoms with Crippen molar-refractivity contribution in [2.45, 2.75) is 22.6 Å². The zero-order valence-corrected chi connectivity index (χ0v) is 10.7. The van der Waals surface area contributed by atoms with Crippen LogP contribution in [0.2, 0.25) is 0 Å². The molecule has 0 saturated carbocycles. The minimum Gasteiger partial charge on any atom is -0.206 e. The Kier molecular flexibility index (Phi) is 3.42. The van der Waals surface area contributed by atoms with Crippen LogP contribution in [-0.4, -0.2) is 5.92 Å². The van der Waals surface area contributed by atoms with Crippen LogP contribution in [0, 0.1) is 17.5 Å². The molecule has 0 bridgehead atoms. The van der Waals surface area contributed by atoms with Gasteiger partial charge in [0.05, 0.1) is 16.7 Å². The minimum absolute atomic E-state index is 1.75. The van der Waals surface area contributed by atoms with Gasteiger partial charge >= 0.3 is 17.8 Å². The number of hydrogen-bond donors (Lipinski definition) is 0. The summed E-state index contributed by atoms with van der Waals surface area (Å²) in [5.74, 6) is -25.5. The van der Waals surface area contributed by atoms with Crippen molar-refractivity contribution in [2.24, 2.45) is 0 Å². The molecule has 0 nitrogen and oxygen atoms in total. The Morgan fingerprint density at radius 2 is 1.05 bits per heavy atom. The van der Waals surface area contributed by atoms with Crippen LogP contribution >= 0.6 is 23.2 Å². The normalized spacial score (nSPS) is 21.7. The molecular weight excluding hydrogens is 362 g/mol. The van der Waals surface area contributed by atoms with E-state index in [0.29, 0.717) is 0 Å². The molecule has 1 aliphatic rings. The largest absolute Gasteiger partial charge is 0.380 e. The second-order valence-electron chi connectivity index (χ2n) is 4.13. The summed E-state index contributed by atoms with van der Waals surface area (Å²) >= 11 is 10.0. The molecule has 11 heteroatoms. The highest BCUT2D eigenvalue weighted by Gasteiger charge is 2.81. The monoisotopic (exact) mass is 362 g/mol. The first-order valence-corrected chi connectivity index (χ1v) is 5.80. The van der Waals surface area contributed by atoms with Crippen LogP contribution in [0.3, 0.4) is 0 Å². The van der Waals surface area contributed by atoms with Gasteiger partial charge in [-0.3, -0.25) is 0 Å². The van der Waals surface area contributed by atoms with E-state index in [9.17, 15) is 39.5 Å². The Hall–Kier alpha value is -0.830. The molecule has 1 aromatic rings. The third kappa shape index (κ3) is 1.73. The lowest BCUT2D eigenvalue weighted by molar-refractivity contribution is -0.303. The van der Waals surface area contributed by atoms with Gasteiger partial charge < -0.3 is 0 Å². The van der Waals surface area contributed by atoms with Crippen molar-refractivity contribution in [3.63, 3.8) is 0 Å². The maximum absolute atomic E-state index is 13.7. The smallest absolute Gasteiger partial charge is 0.206 e. The predicted octanol–water partition coefficient (Wildman–Crippen LogP) is 5.41. The van der Waals surface area contributed by atoms with Crippen molar-refractivity contribution in [3.8, 4) is 0 Å². The molecule has 0 atom stereocenters. The summed E-state index contributed by atoms with van der Waals surface area (Å²) in [5, 5.41) is 0. The fraction of sp³-hybridized carbons (Fsp3) is 0.400. The first-order valence-electron chi connectivity index (χ1n) is 4.93. The molecule has 0 fully saturated rings. The average Bonchev–Trinajstić information content (AvgIpc) is 2.41. The average molecular weight is 363 g/mol. The molecule has 0 N–H and O–H groups in total. The van der Waals surface area contributed by atoms with Crippen LogP contribution < -0.4 is 0 Å². The molecule has 1 aliphatic carbocycles. The van der Waals surface area contributed by atoms with Crippen molar-refractivity contribution in [1.29, 1.82) is 0 Å². The van der Waals surface area contributed by atoms with Crippen LogP contribution in [0.1, 0.15) is 21.5 Å². The van der Waals surface area contributed by atoms with E-state index < -0.39 is 56.7 Å². The first kappa shape index (κ1) is 16.5. The van der Waals surface area contributed by atoms with E-state index in [4.69, 9.17) is 23.2 Å². The summed E-state index contributed by atoms with van der Waals surface area (Å²) in [6.07, 6.45) is 0. The van der Waals surface area contributed by atoms with Crippen LogP contribution in [-0.2, 0) is 11.8 Å². The fourth-order valence-electron chi connectivity index (χ4n) is 1.97. The first-order chi connectivity index (χ1) is 9.30. The Morgan fingerprint density at radius 3 is 1.43 bits per heavy atom. The number of hydrogen-bond acceptors (Lipinski definition) is 0. The van der Waals surface area contributed by atoms with Crippen LogP contribution in [0.5, 0.6) is 0 Å². The van der Waals surface area contributed by atoms with E-state index in [0.717, 1.165) is 0 Å². The SMILES string of the molecule is Fc1c(F)c2c(c(F)c1C(Cl)Cl)C(F)(F)C(F)(F)C2(F)F. The minimum atomic E-state index is -6.15. The van der Waals surface area contributed by atoms with E-state index in [-0.39, 0.29) is 0 Å². The topological polar surface area (TPSA) is 0 Å². The lowest BCUT2D eigenvalue weighted by atomic mass is 10.0. The molecule has 0 unspecified atom stereocenters. The maximum atomic E-state index is 13.7. The molecule has 0 heterocycles. The van der Waals surface area contributed by atoms with E-state index in [1.165, 1.54) is 0 Å². The molecule has 0 aromatic heterocycles. The fourth-order valence-corrected chi connectivity index (χ4v) is 2.35. The molecule has 0 radical (unpaired) electrons. The number of halogens is 11. The van der Waals surface area contributed by atoms with Gasteiger partial charge in [0.2, 0.25) is 0 Å². The summed E-state index contributed by atoms with van der Waals surface area (Å²) in [4.78, 5) is -2.27. The van der Waals surface area contributed by atoms with E-state index in [1.807, 2.05) is 0 Å². The van der Waals surface area contributed by atoms with Gasteiger partial charge in [0.1, 0.15) is 10.7 Å². The molecule has 118 valence electrons. The molecule has 2 rings (SSSR count). The Labute approximate surface area is 120 Å². The number of fused-ring (bicyclic) bond motifs is 1. The van der Waals surface area contributed by atoms with Crippen molar-refractivity contribution in [1.82, 2.24) is 0 Å². The predicted molar refractivity (Wildman–Crippen MR) is 53.5 cm³/mol. The number of benzene rings is 1. The van der Waals surface area contributed by atoms with Gasteiger partial charge in [-0.2, -0.15) is 26.3 Å². The highest BCUT2D eigenvalue weighted by atomic mass is 35.5. The van der Waals surface area contributed by atoms with Gasteiger partial charge in [-0.15, -0.1) is 0 Å². The molecule has 0 saturated heterocycles. The van der Waals surface area contributed by atoms with Crippen molar-refractivity contribution in [2.75, 3.05) is 0 Å². The summed E-state index contributed by atoms with van der Waals surface area (Å²) in [6, 6.07) is 0. The van der Waals surface area contributed by atoms with Gasteiger partial charge in [-0.1, -0.05) is 23.2 Å². The summed E-state index contributed by atoms with van der Waals surface area (Å²) in [6.45, 7) is 0. The van der Waals surface area contributed by atoms with Crippen molar-refractivity contribution < 1.29 is 39.5 Å². The zero-order chi connectivity index (χ0) is 16.5. The molecule has 0 aliphatic heterocycles. The highest BCUT2D eigenvalue weighted by molar-refractivity contribution is 6.44. The standard InChI is InChI=1S/C10HCl2F9/c11-7(12)1-4(13)2-3(6(15)5(1)14)9(18,19)10(20,21)8(2,16)17/h7H. The second kappa shape index (κ2) is 4.34. The maximum Gasteiger partial charge on any atom is 0.380 e. The quantitative estimate of drug-likeness (QED) is 0.356. The third-order valence-corrected chi connectivity index (χ3v) is 3.43. The lowest BCUT2D eigenvalue weighted by Gasteiger charge is -2.23. The second-order valence-corrected chi connectivity index (χ2v) is 5.23. The molecule has 1 aromatic carbocycles. The van der Waals surface area contributed by atoms with E-state index >= 15 is 0 Å². The zero-order valence-electron chi connectivity index (χ0n) is 9.23. The van der Waals surface area contributed by atoms with Crippen LogP contribution in [0.15, 0.2) is 0 Å². The van der Waals surface area contributed by atoms with Crippen molar-refractivity contribution in [3.05, 3.63) is 34.1 Å². The third-order valence-electron chi connectivity index (χ3n) is 2.99. The van der Waals surface area contributed by atoms with Gasteiger partial charge in [0.15, 0.2) is 11.6 Å². The van der Waals surface area contributed by atoms with E-state index in [2.05, 4.69) is 0 Å². The van der Waals surface area contributed by atoms with Crippen LogP contribution in [0.25, 0.3) is 0 Å².